The molecule has 0 spiro atoms. The fraction of sp³-hybridized carbons (Fsp3) is 0.353. The first-order chi connectivity index (χ1) is 23.6. The molecule has 4 N–H and O–H groups in total. The van der Waals surface area contributed by atoms with E-state index in [1.807, 2.05) is 6.07 Å². The first-order valence-corrected chi connectivity index (χ1v) is 15.1. The number of methoxy groups -OCH3 is 1. The Balaban J connectivity index is 1.40. The van der Waals surface area contributed by atoms with E-state index in [2.05, 4.69) is 27.8 Å². The molecule has 1 heterocycles. The van der Waals surface area contributed by atoms with Gasteiger partial charge < -0.3 is 40.0 Å². The molecule has 15 heteroatoms. The molecule has 1 amide bonds. The van der Waals surface area contributed by atoms with Crippen LogP contribution in [0.2, 0.25) is 0 Å². The van der Waals surface area contributed by atoms with Gasteiger partial charge in [-0.05, 0) is 44.5 Å². The van der Waals surface area contributed by atoms with Gasteiger partial charge in [0, 0.05) is 36.6 Å². The van der Waals surface area contributed by atoms with E-state index < -0.39 is 35.0 Å². The molecular weight excluding hydrogens is 638 g/mol. The van der Waals surface area contributed by atoms with Gasteiger partial charge in [-0.15, -0.1) is 0 Å². The van der Waals surface area contributed by atoms with Crippen molar-refractivity contribution in [1.82, 2.24) is 16.0 Å². The molecule has 0 radical (unpaired) electrons. The Bertz CT molecular complexity index is 1700. The highest BCUT2D eigenvalue weighted by molar-refractivity contribution is 6.00. The number of para-hydroxylation sites is 1. The van der Waals surface area contributed by atoms with Crippen molar-refractivity contribution in [2.75, 3.05) is 46.6 Å². The number of aliphatic hydroxyl groups excluding tert-OH is 1. The van der Waals surface area contributed by atoms with Crippen LogP contribution in [0.15, 0.2) is 71.1 Å². The summed E-state index contributed by atoms with van der Waals surface area (Å²) in [5.41, 5.74) is 1.46. The van der Waals surface area contributed by atoms with E-state index in [4.69, 9.17) is 24.2 Å². The monoisotopic (exact) mass is 675 g/mol. The van der Waals surface area contributed by atoms with Gasteiger partial charge in [0.1, 0.15) is 24.5 Å². The zero-order valence-corrected chi connectivity index (χ0v) is 27.2. The Kier molecular flexibility index (Phi) is 14.6. The molecule has 0 bridgehead atoms. The number of hydrogen-bond acceptors (Lipinski definition) is 13. The summed E-state index contributed by atoms with van der Waals surface area (Å²) in [7, 11) is 1.19. The summed E-state index contributed by atoms with van der Waals surface area (Å²) in [6.45, 7) is 3.69. The van der Waals surface area contributed by atoms with Gasteiger partial charge in [-0.3, -0.25) is 10.1 Å². The van der Waals surface area contributed by atoms with Crippen molar-refractivity contribution in [3.05, 3.63) is 92.3 Å². The van der Waals surface area contributed by atoms with Gasteiger partial charge in [-0.2, -0.15) is 5.26 Å². The number of nitriles is 1. The number of nitrogens with zero attached hydrogens (tertiary/aromatic N) is 2. The summed E-state index contributed by atoms with van der Waals surface area (Å²) in [6, 6.07) is 14.4. The number of dihydropyridines is 1. The van der Waals surface area contributed by atoms with E-state index in [0.29, 0.717) is 47.8 Å². The van der Waals surface area contributed by atoms with Gasteiger partial charge in [0.2, 0.25) is 0 Å². The van der Waals surface area contributed by atoms with Crippen molar-refractivity contribution in [3.8, 4) is 23.7 Å². The molecule has 2 atom stereocenters. The molecule has 2 aromatic carbocycles. The van der Waals surface area contributed by atoms with Crippen molar-refractivity contribution in [3.63, 3.8) is 0 Å². The Hall–Kier alpha value is -5.90. The number of allylic oxidation sites excluding steroid dienone is 2. The summed E-state index contributed by atoms with van der Waals surface area (Å²) in [4.78, 5) is 48.7. The van der Waals surface area contributed by atoms with Crippen LogP contribution in [0.5, 0.6) is 5.75 Å². The highest BCUT2D eigenvalue weighted by atomic mass is 16.6. The third kappa shape index (κ3) is 11.1. The molecule has 15 nitrogen and oxygen atoms in total. The number of rotatable bonds is 15. The quantitative estimate of drug-likeness (QED) is 0.0535. The number of carbonyl (C=O) groups is 3. The average molecular weight is 676 g/mol. The first kappa shape index (κ1) is 37.6. The largest absolute Gasteiger partial charge is 0.489 e. The molecule has 0 aromatic heterocycles. The number of carbonyl (C=O) groups excluding carboxylic acids is 3. The number of nitrogens with one attached hydrogen (secondary N) is 3. The zero-order valence-electron chi connectivity index (χ0n) is 27.2. The molecule has 3 rings (SSSR count). The topological polar surface area (TPSA) is 211 Å². The predicted octanol–water partition coefficient (Wildman–Crippen LogP) is 2.57. The SMILES string of the molecule is COC(=O)C1=C(C)NC(C)=C(C(=O)OCC#CCOC(=O)NCCCNCC(O)COc2ccccc2C#N)C1c1cccc([N+](=O)[O-])c1. The predicted molar refractivity (Wildman–Crippen MR) is 175 cm³/mol. The number of hydrogen-bond donors (Lipinski definition) is 4. The van der Waals surface area contributed by atoms with Gasteiger partial charge in [0.15, 0.2) is 13.2 Å². The first-order valence-electron chi connectivity index (χ1n) is 15.1. The van der Waals surface area contributed by atoms with Crippen LogP contribution < -0.4 is 20.7 Å². The molecular formula is C34H37N5O10. The third-order valence-corrected chi connectivity index (χ3v) is 7.09. The van der Waals surface area contributed by atoms with Crippen molar-refractivity contribution in [2.24, 2.45) is 0 Å². The maximum absolute atomic E-state index is 13.2. The van der Waals surface area contributed by atoms with Crippen LogP contribution >= 0.6 is 0 Å². The maximum atomic E-state index is 13.2. The van der Waals surface area contributed by atoms with Crippen LogP contribution in [0, 0.1) is 33.3 Å². The van der Waals surface area contributed by atoms with E-state index in [1.54, 1.807) is 44.2 Å². The minimum absolute atomic E-state index is 0.0134. The van der Waals surface area contributed by atoms with Gasteiger partial charge in [0.25, 0.3) is 5.69 Å². The number of nitro benzene ring substituents is 1. The van der Waals surface area contributed by atoms with Crippen molar-refractivity contribution < 1.29 is 43.4 Å². The average Bonchev–Trinajstić information content (AvgIpc) is 3.09. The fourth-order valence-corrected chi connectivity index (χ4v) is 4.83. The lowest BCUT2D eigenvalue weighted by atomic mass is 9.80. The zero-order chi connectivity index (χ0) is 35.8. The summed E-state index contributed by atoms with van der Waals surface area (Å²) >= 11 is 0. The second-order valence-corrected chi connectivity index (χ2v) is 10.5. The van der Waals surface area contributed by atoms with Crippen LogP contribution in [-0.2, 0) is 23.8 Å². The summed E-state index contributed by atoms with van der Waals surface area (Å²) in [5.74, 6) is 3.04. The summed E-state index contributed by atoms with van der Waals surface area (Å²) in [5, 5.41) is 39.2. The Labute approximate surface area is 283 Å². The lowest BCUT2D eigenvalue weighted by molar-refractivity contribution is -0.384. The number of ether oxygens (including phenoxy) is 4. The van der Waals surface area contributed by atoms with E-state index in [9.17, 15) is 29.6 Å². The Morgan fingerprint density at radius 1 is 1.02 bits per heavy atom. The molecule has 1 aliphatic rings. The number of nitro groups is 1. The maximum Gasteiger partial charge on any atom is 0.408 e. The van der Waals surface area contributed by atoms with Crippen molar-refractivity contribution >= 4 is 23.7 Å². The standard InChI is InChI=1S/C34H37N5O10/c1-22-29(32(41)46-3)31(24-11-8-12-26(18-24)39(44)45)30(23(2)38-22)33(42)47-16-6-7-17-48-34(43)37-15-9-14-36-20-27(40)21-49-28-13-5-4-10-25(28)19-35/h4-5,8,10-13,18,27,31,36,38,40H,9,14-17,20-21H2,1-3H3,(H,37,43). The van der Waals surface area contributed by atoms with Crippen LogP contribution in [0.3, 0.4) is 0 Å². The van der Waals surface area contributed by atoms with Crippen LogP contribution in [0.1, 0.15) is 37.3 Å². The van der Waals surface area contributed by atoms with Crippen LogP contribution in [-0.4, -0.2) is 80.7 Å². The van der Waals surface area contributed by atoms with E-state index in [-0.39, 0.29) is 43.2 Å². The molecule has 0 saturated carbocycles. The van der Waals surface area contributed by atoms with Crippen LogP contribution in [0.25, 0.3) is 0 Å². The highest BCUT2D eigenvalue weighted by Crippen LogP contribution is 2.40. The van der Waals surface area contributed by atoms with Crippen LogP contribution in [0.4, 0.5) is 10.5 Å². The smallest absolute Gasteiger partial charge is 0.408 e. The summed E-state index contributed by atoms with van der Waals surface area (Å²) in [6.07, 6.45) is -0.937. The van der Waals surface area contributed by atoms with E-state index in [0.717, 1.165) is 0 Å². The molecule has 258 valence electrons. The van der Waals surface area contributed by atoms with Crippen molar-refractivity contribution in [1.29, 1.82) is 5.26 Å². The number of alkyl carbamates (subject to hydrolysis) is 1. The minimum atomic E-state index is -1.01. The molecule has 2 unspecified atom stereocenters. The van der Waals surface area contributed by atoms with E-state index in [1.165, 1.54) is 25.3 Å². The molecule has 0 aliphatic carbocycles. The molecule has 49 heavy (non-hydrogen) atoms. The molecule has 0 fully saturated rings. The van der Waals surface area contributed by atoms with Gasteiger partial charge >= 0.3 is 18.0 Å². The number of benzene rings is 2. The fourth-order valence-electron chi connectivity index (χ4n) is 4.83. The van der Waals surface area contributed by atoms with Crippen molar-refractivity contribution in [2.45, 2.75) is 32.3 Å². The molecule has 2 aromatic rings. The lowest BCUT2D eigenvalue weighted by Crippen LogP contribution is -2.33. The second kappa shape index (κ2) is 19.0. The minimum Gasteiger partial charge on any atom is -0.489 e. The molecule has 1 aliphatic heterocycles. The number of aliphatic hydroxyl groups is 1. The van der Waals surface area contributed by atoms with Gasteiger partial charge in [-0.25, -0.2) is 14.4 Å². The Morgan fingerprint density at radius 2 is 1.71 bits per heavy atom. The second-order valence-electron chi connectivity index (χ2n) is 10.5. The van der Waals surface area contributed by atoms with Gasteiger partial charge in [-0.1, -0.05) is 36.1 Å². The summed E-state index contributed by atoms with van der Waals surface area (Å²) < 4.78 is 20.8. The number of non-ortho nitro benzene ring substituents is 1. The van der Waals surface area contributed by atoms with Gasteiger partial charge in [0.05, 0.1) is 34.7 Å². The van der Waals surface area contributed by atoms with E-state index >= 15 is 0 Å². The Morgan fingerprint density at radius 3 is 2.41 bits per heavy atom. The normalized spacial score (nSPS) is 14.3. The third-order valence-electron chi connectivity index (χ3n) is 7.09. The number of esters is 2. The highest BCUT2D eigenvalue weighted by Gasteiger charge is 2.38. The number of amides is 1. The lowest BCUT2D eigenvalue weighted by Gasteiger charge is -2.30. The molecule has 0 saturated heterocycles.